The lowest BCUT2D eigenvalue weighted by molar-refractivity contribution is 0.792. The molecule has 0 aliphatic heterocycles. The highest BCUT2D eigenvalue weighted by Gasteiger charge is 2.14. The van der Waals surface area contributed by atoms with E-state index < -0.39 is 0 Å². The van der Waals surface area contributed by atoms with Gasteiger partial charge in [0.25, 0.3) is 0 Å². The Labute approximate surface area is 106 Å². The Hall–Kier alpha value is -1.26. The van der Waals surface area contributed by atoms with E-state index in [2.05, 4.69) is 29.2 Å². The molecule has 0 saturated carbocycles. The molecule has 0 aliphatic rings. The quantitative estimate of drug-likeness (QED) is 0.907. The lowest BCUT2D eigenvalue weighted by Crippen LogP contribution is -2.12. The number of rotatable bonds is 3. The Bertz CT molecular complexity index is 488. The van der Waals surface area contributed by atoms with Gasteiger partial charge < -0.3 is 5.73 Å². The maximum Gasteiger partial charge on any atom is 0.114 e. The largest absolute Gasteiger partial charge is 0.318 e. The zero-order valence-corrected chi connectivity index (χ0v) is 11.2. The number of hydrogen-bond acceptors (Lipinski definition) is 4. The molecule has 2 aromatic heterocycles. The van der Waals surface area contributed by atoms with E-state index >= 15 is 0 Å². The molecule has 2 heterocycles. The second kappa shape index (κ2) is 4.94. The normalized spacial score (nSPS) is 13.0. The molecule has 2 N–H and O–H groups in total. The van der Waals surface area contributed by atoms with Crippen molar-refractivity contribution < 1.29 is 0 Å². The molecule has 0 aromatic carbocycles. The van der Waals surface area contributed by atoms with Gasteiger partial charge in [0, 0.05) is 17.3 Å². The third kappa shape index (κ3) is 2.70. The van der Waals surface area contributed by atoms with Crippen molar-refractivity contribution in [2.24, 2.45) is 5.73 Å². The first-order valence-corrected chi connectivity index (χ1v) is 6.59. The molecule has 0 saturated heterocycles. The Balaban J connectivity index is 2.24. The van der Waals surface area contributed by atoms with Crippen molar-refractivity contribution in [1.29, 1.82) is 0 Å². The molecule has 90 valence electrons. The summed E-state index contributed by atoms with van der Waals surface area (Å²) in [5.74, 6) is 0.448. The standard InChI is InChI=1S/C13H17N3S/c1-8(2)11-7-17-13(16-11)12(14)10-5-4-9(3)15-6-10/h4-8,12H,14H2,1-3H3. The first kappa shape index (κ1) is 12.2. The smallest absolute Gasteiger partial charge is 0.114 e. The van der Waals surface area contributed by atoms with E-state index in [0.717, 1.165) is 22.0 Å². The minimum absolute atomic E-state index is 0.166. The SMILES string of the molecule is Cc1ccc(C(N)c2nc(C(C)C)cs2)cn1. The molecule has 0 fully saturated rings. The van der Waals surface area contributed by atoms with Crippen molar-refractivity contribution in [1.82, 2.24) is 9.97 Å². The molecule has 17 heavy (non-hydrogen) atoms. The lowest BCUT2D eigenvalue weighted by atomic mass is 10.1. The average Bonchev–Trinajstić information content (AvgIpc) is 2.78. The predicted molar refractivity (Wildman–Crippen MR) is 71.2 cm³/mol. The Morgan fingerprint density at radius 1 is 1.29 bits per heavy atom. The number of nitrogens with two attached hydrogens (primary N) is 1. The Kier molecular flexibility index (Phi) is 3.54. The van der Waals surface area contributed by atoms with Gasteiger partial charge in [0.1, 0.15) is 5.01 Å². The van der Waals surface area contributed by atoms with Gasteiger partial charge in [-0.05, 0) is 24.5 Å². The van der Waals surface area contributed by atoms with Gasteiger partial charge in [-0.25, -0.2) is 4.98 Å². The fraction of sp³-hybridized carbons (Fsp3) is 0.385. The summed E-state index contributed by atoms with van der Waals surface area (Å²) in [6.07, 6.45) is 1.83. The van der Waals surface area contributed by atoms with E-state index in [1.165, 1.54) is 0 Å². The van der Waals surface area contributed by atoms with Gasteiger partial charge in [-0.1, -0.05) is 19.9 Å². The Morgan fingerprint density at radius 3 is 2.59 bits per heavy atom. The molecule has 0 spiro atoms. The highest BCUT2D eigenvalue weighted by molar-refractivity contribution is 7.09. The van der Waals surface area contributed by atoms with Gasteiger partial charge in [-0.3, -0.25) is 4.98 Å². The van der Waals surface area contributed by atoms with Crippen molar-refractivity contribution in [2.75, 3.05) is 0 Å². The fourth-order valence-electron chi connectivity index (χ4n) is 1.51. The van der Waals surface area contributed by atoms with Crippen LogP contribution in [0.4, 0.5) is 0 Å². The second-order valence-electron chi connectivity index (χ2n) is 4.48. The molecule has 4 heteroatoms. The van der Waals surface area contributed by atoms with Gasteiger partial charge in [0.05, 0.1) is 11.7 Å². The van der Waals surface area contributed by atoms with Crippen LogP contribution in [0.25, 0.3) is 0 Å². The highest BCUT2D eigenvalue weighted by Crippen LogP contribution is 2.25. The summed E-state index contributed by atoms with van der Waals surface area (Å²) in [6.45, 7) is 6.24. The van der Waals surface area contributed by atoms with E-state index in [1.54, 1.807) is 11.3 Å². The van der Waals surface area contributed by atoms with Crippen LogP contribution in [0.1, 0.15) is 47.8 Å². The number of hydrogen-bond donors (Lipinski definition) is 1. The van der Waals surface area contributed by atoms with Crippen molar-refractivity contribution >= 4 is 11.3 Å². The number of aryl methyl sites for hydroxylation is 1. The van der Waals surface area contributed by atoms with Crippen LogP contribution in [0.5, 0.6) is 0 Å². The van der Waals surface area contributed by atoms with E-state index in [1.807, 2.05) is 25.3 Å². The Morgan fingerprint density at radius 2 is 2.06 bits per heavy atom. The second-order valence-corrected chi connectivity index (χ2v) is 5.37. The summed E-state index contributed by atoms with van der Waals surface area (Å²) >= 11 is 1.62. The third-order valence-corrected chi connectivity index (χ3v) is 3.64. The first-order chi connectivity index (χ1) is 8.08. The molecular formula is C13H17N3S. The number of aromatic nitrogens is 2. The van der Waals surface area contributed by atoms with E-state index in [-0.39, 0.29) is 6.04 Å². The summed E-state index contributed by atoms with van der Waals surface area (Å²) < 4.78 is 0. The first-order valence-electron chi connectivity index (χ1n) is 5.71. The predicted octanol–water partition coefficient (Wildman–Crippen LogP) is 3.02. The maximum absolute atomic E-state index is 6.19. The molecule has 3 nitrogen and oxygen atoms in total. The molecular weight excluding hydrogens is 230 g/mol. The molecule has 1 atom stereocenters. The fourth-order valence-corrected chi connectivity index (χ4v) is 2.52. The summed E-state index contributed by atoms with van der Waals surface area (Å²) in [6, 6.07) is 3.83. The van der Waals surface area contributed by atoms with Crippen LogP contribution >= 0.6 is 11.3 Å². The van der Waals surface area contributed by atoms with Crippen LogP contribution in [-0.4, -0.2) is 9.97 Å². The third-order valence-electron chi connectivity index (χ3n) is 2.69. The van der Waals surface area contributed by atoms with E-state index in [0.29, 0.717) is 5.92 Å². The topological polar surface area (TPSA) is 51.8 Å². The van der Waals surface area contributed by atoms with Crippen LogP contribution in [0.15, 0.2) is 23.7 Å². The van der Waals surface area contributed by atoms with Gasteiger partial charge in [-0.2, -0.15) is 0 Å². The molecule has 2 rings (SSSR count). The van der Waals surface area contributed by atoms with Crippen molar-refractivity contribution in [2.45, 2.75) is 32.7 Å². The molecule has 0 radical (unpaired) electrons. The van der Waals surface area contributed by atoms with E-state index in [4.69, 9.17) is 5.73 Å². The minimum Gasteiger partial charge on any atom is -0.318 e. The summed E-state index contributed by atoms with van der Waals surface area (Å²) in [5.41, 5.74) is 9.32. The average molecular weight is 247 g/mol. The molecule has 0 aliphatic carbocycles. The molecule has 0 amide bonds. The van der Waals surface area contributed by atoms with Crippen LogP contribution in [0.2, 0.25) is 0 Å². The van der Waals surface area contributed by atoms with Gasteiger partial charge >= 0.3 is 0 Å². The highest BCUT2D eigenvalue weighted by atomic mass is 32.1. The molecule has 0 bridgehead atoms. The molecule has 2 aromatic rings. The maximum atomic E-state index is 6.19. The van der Waals surface area contributed by atoms with Crippen LogP contribution in [-0.2, 0) is 0 Å². The monoisotopic (exact) mass is 247 g/mol. The zero-order valence-electron chi connectivity index (χ0n) is 10.3. The summed E-state index contributed by atoms with van der Waals surface area (Å²) in [5, 5.41) is 3.04. The van der Waals surface area contributed by atoms with Gasteiger partial charge in [0.2, 0.25) is 0 Å². The van der Waals surface area contributed by atoms with Crippen LogP contribution in [0, 0.1) is 6.92 Å². The lowest BCUT2D eigenvalue weighted by Gasteiger charge is -2.08. The number of pyridine rings is 1. The van der Waals surface area contributed by atoms with Crippen LogP contribution < -0.4 is 5.73 Å². The number of nitrogens with zero attached hydrogens (tertiary/aromatic N) is 2. The minimum atomic E-state index is -0.166. The van der Waals surface area contributed by atoms with Gasteiger partial charge in [0.15, 0.2) is 0 Å². The van der Waals surface area contributed by atoms with Crippen LogP contribution in [0.3, 0.4) is 0 Å². The zero-order chi connectivity index (χ0) is 12.4. The summed E-state index contributed by atoms with van der Waals surface area (Å²) in [4.78, 5) is 8.84. The van der Waals surface area contributed by atoms with Crippen molar-refractivity contribution in [3.05, 3.63) is 45.7 Å². The number of thiazole rings is 1. The van der Waals surface area contributed by atoms with Gasteiger partial charge in [-0.15, -0.1) is 11.3 Å². The van der Waals surface area contributed by atoms with Crippen molar-refractivity contribution in [3.63, 3.8) is 0 Å². The van der Waals surface area contributed by atoms with Crippen molar-refractivity contribution in [3.8, 4) is 0 Å². The summed E-state index contributed by atoms with van der Waals surface area (Å²) in [7, 11) is 0. The molecule has 1 unspecified atom stereocenters. The van der Waals surface area contributed by atoms with E-state index in [9.17, 15) is 0 Å².